The highest BCUT2D eigenvalue weighted by Gasteiger charge is 2.73. The van der Waals surface area contributed by atoms with Crippen LogP contribution in [0.25, 0.3) is 0 Å². The summed E-state index contributed by atoms with van der Waals surface area (Å²) in [6.07, 6.45) is 6.13. The van der Waals surface area contributed by atoms with E-state index in [4.69, 9.17) is 0 Å². The second kappa shape index (κ2) is 3.02. The van der Waals surface area contributed by atoms with Gasteiger partial charge in [0.25, 0.3) is 0 Å². The number of rotatable bonds is 1. The average molecular weight is 206 g/mol. The summed E-state index contributed by atoms with van der Waals surface area (Å²) in [6.45, 7) is 9.96. The predicted molar refractivity (Wildman–Crippen MR) is 64.5 cm³/mol. The molecule has 0 bridgehead atoms. The molecule has 3 aliphatic rings. The zero-order valence-electron chi connectivity index (χ0n) is 10.8. The summed E-state index contributed by atoms with van der Waals surface area (Å²) in [6, 6.07) is 0. The molecule has 3 saturated carbocycles. The fraction of sp³-hybridized carbons (Fsp3) is 1.00. The molecule has 0 unspecified atom stereocenters. The lowest BCUT2D eigenvalue weighted by atomic mass is 9.70. The molecule has 15 heavy (non-hydrogen) atoms. The minimum atomic E-state index is 0.840. The topological polar surface area (TPSA) is 0 Å². The van der Waals surface area contributed by atoms with Crippen molar-refractivity contribution in [3.63, 3.8) is 0 Å². The molecule has 0 radical (unpaired) electrons. The van der Waals surface area contributed by atoms with Crippen LogP contribution in [-0.2, 0) is 0 Å². The largest absolute Gasteiger partial charge is 0.0625 e. The van der Waals surface area contributed by atoms with E-state index in [-0.39, 0.29) is 0 Å². The fourth-order valence-corrected chi connectivity index (χ4v) is 5.60. The van der Waals surface area contributed by atoms with E-state index in [2.05, 4.69) is 27.7 Å². The van der Waals surface area contributed by atoms with Crippen LogP contribution in [0.15, 0.2) is 0 Å². The zero-order valence-corrected chi connectivity index (χ0v) is 10.8. The molecule has 3 rings (SSSR count). The van der Waals surface area contributed by atoms with Gasteiger partial charge in [0.1, 0.15) is 0 Å². The zero-order chi connectivity index (χ0) is 10.8. The van der Waals surface area contributed by atoms with Gasteiger partial charge in [0, 0.05) is 0 Å². The number of hydrogen-bond donors (Lipinski definition) is 0. The summed E-state index contributed by atoms with van der Waals surface area (Å²) in [5, 5.41) is 0. The smallest absolute Gasteiger partial charge is 0.0204 e. The Balaban J connectivity index is 1.88. The number of fused-ring (bicyclic) bond motifs is 1. The van der Waals surface area contributed by atoms with Gasteiger partial charge < -0.3 is 0 Å². The molecule has 0 aromatic carbocycles. The molecule has 0 heterocycles. The third-order valence-electron chi connectivity index (χ3n) is 6.33. The summed E-state index contributed by atoms with van der Waals surface area (Å²) < 4.78 is 0. The van der Waals surface area contributed by atoms with Crippen LogP contribution >= 0.6 is 0 Å². The third-order valence-corrected chi connectivity index (χ3v) is 6.33. The van der Waals surface area contributed by atoms with Crippen LogP contribution in [0.2, 0.25) is 0 Å². The Morgan fingerprint density at radius 1 is 1.00 bits per heavy atom. The monoisotopic (exact) mass is 206 g/mol. The van der Waals surface area contributed by atoms with Crippen molar-refractivity contribution in [3.8, 4) is 0 Å². The molecule has 0 N–H and O–H groups in total. The molecular weight excluding hydrogens is 180 g/mol. The molecule has 86 valence electrons. The average Bonchev–Trinajstić information content (AvgIpc) is 2.75. The predicted octanol–water partition coefficient (Wildman–Crippen LogP) is 4.35. The van der Waals surface area contributed by atoms with Crippen molar-refractivity contribution < 1.29 is 0 Å². The second-order valence-electron chi connectivity index (χ2n) is 7.07. The van der Waals surface area contributed by atoms with Gasteiger partial charge in [-0.05, 0) is 66.6 Å². The molecule has 0 aliphatic heterocycles. The first-order chi connectivity index (χ1) is 7.09. The maximum absolute atomic E-state index is 2.54. The lowest BCUT2D eigenvalue weighted by molar-refractivity contribution is 0.139. The van der Waals surface area contributed by atoms with Crippen LogP contribution < -0.4 is 0 Å². The molecule has 3 fully saturated rings. The summed E-state index contributed by atoms with van der Waals surface area (Å²) in [5.74, 6) is 6.32. The van der Waals surface area contributed by atoms with Crippen LogP contribution in [0.3, 0.4) is 0 Å². The van der Waals surface area contributed by atoms with E-state index in [1.807, 2.05) is 0 Å². The normalized spacial score (nSPS) is 57.8. The van der Waals surface area contributed by atoms with Crippen molar-refractivity contribution in [1.82, 2.24) is 0 Å². The van der Waals surface area contributed by atoms with Gasteiger partial charge in [-0.15, -0.1) is 0 Å². The van der Waals surface area contributed by atoms with Crippen molar-refractivity contribution in [2.24, 2.45) is 40.9 Å². The Kier molecular flexibility index (Phi) is 2.05. The van der Waals surface area contributed by atoms with Gasteiger partial charge in [0.05, 0.1) is 0 Å². The first-order valence-corrected chi connectivity index (χ1v) is 7.09. The Morgan fingerprint density at radius 2 is 1.73 bits per heavy atom. The van der Waals surface area contributed by atoms with E-state index in [0.717, 1.165) is 40.9 Å². The second-order valence-corrected chi connectivity index (χ2v) is 7.07. The first kappa shape index (κ1) is 10.2. The highest BCUT2D eigenvalue weighted by Crippen LogP contribution is 2.79. The molecule has 0 nitrogen and oxygen atoms in total. The van der Waals surface area contributed by atoms with Crippen LogP contribution in [-0.4, -0.2) is 0 Å². The van der Waals surface area contributed by atoms with E-state index in [1.165, 1.54) is 19.3 Å². The molecule has 1 spiro atoms. The number of hydrogen-bond acceptors (Lipinski definition) is 0. The Hall–Kier alpha value is 0. The van der Waals surface area contributed by atoms with E-state index in [9.17, 15) is 0 Å². The molecule has 0 saturated heterocycles. The van der Waals surface area contributed by atoms with Gasteiger partial charge in [-0.2, -0.15) is 0 Å². The molecule has 3 aliphatic carbocycles. The summed E-state index contributed by atoms with van der Waals surface area (Å²) in [4.78, 5) is 0. The van der Waals surface area contributed by atoms with Crippen molar-refractivity contribution in [2.75, 3.05) is 0 Å². The van der Waals surface area contributed by atoms with Crippen LogP contribution in [0.1, 0.15) is 53.4 Å². The van der Waals surface area contributed by atoms with E-state index in [0.29, 0.717) is 0 Å². The van der Waals surface area contributed by atoms with E-state index < -0.39 is 0 Å². The highest BCUT2D eigenvalue weighted by atomic mass is 14.8. The minimum absolute atomic E-state index is 0.840. The Bertz CT molecular complexity index is 267. The lowest BCUT2D eigenvalue weighted by Crippen LogP contribution is -2.27. The highest BCUT2D eigenvalue weighted by molar-refractivity contribution is 5.21. The lowest BCUT2D eigenvalue weighted by Gasteiger charge is -2.35. The van der Waals surface area contributed by atoms with E-state index in [1.54, 1.807) is 6.42 Å². The van der Waals surface area contributed by atoms with Crippen molar-refractivity contribution in [2.45, 2.75) is 53.4 Å². The molecule has 0 amide bonds. The fourth-order valence-electron chi connectivity index (χ4n) is 5.60. The quantitative estimate of drug-likeness (QED) is 0.598. The van der Waals surface area contributed by atoms with Gasteiger partial charge in [-0.25, -0.2) is 0 Å². The van der Waals surface area contributed by atoms with Crippen molar-refractivity contribution >= 4 is 0 Å². The van der Waals surface area contributed by atoms with E-state index >= 15 is 0 Å². The summed E-state index contributed by atoms with van der Waals surface area (Å²) in [7, 11) is 0. The first-order valence-electron chi connectivity index (χ1n) is 7.09. The molecule has 0 aromatic rings. The van der Waals surface area contributed by atoms with Gasteiger partial charge in [-0.3, -0.25) is 0 Å². The van der Waals surface area contributed by atoms with Gasteiger partial charge in [0.2, 0.25) is 0 Å². The van der Waals surface area contributed by atoms with Crippen LogP contribution in [0.5, 0.6) is 0 Å². The molecule has 0 heteroatoms. The van der Waals surface area contributed by atoms with Crippen molar-refractivity contribution in [3.05, 3.63) is 0 Å². The summed E-state index contributed by atoms with van der Waals surface area (Å²) >= 11 is 0. The Morgan fingerprint density at radius 3 is 2.40 bits per heavy atom. The van der Waals surface area contributed by atoms with Gasteiger partial charge >= 0.3 is 0 Å². The van der Waals surface area contributed by atoms with Gasteiger partial charge in [0.15, 0.2) is 0 Å². The molecule has 6 atom stereocenters. The van der Waals surface area contributed by atoms with Crippen LogP contribution in [0.4, 0.5) is 0 Å². The molecule has 0 aromatic heterocycles. The third kappa shape index (κ3) is 1.09. The SMILES string of the molecule is CC(C)[C@@H]1CC[C@H](C)[C@@]23CC[C@@H](C)[C@@H]2[C@@H]13. The maximum Gasteiger partial charge on any atom is -0.0204 e. The standard InChI is InChI=1S/C15H26/c1-9(2)12-6-5-11(4)15-8-7-10(3)13(15)14(12)15/h9-14H,5-8H2,1-4H3/t10-,11+,12+,13-,14-,15+/m1/s1. The van der Waals surface area contributed by atoms with Gasteiger partial charge in [-0.1, -0.05) is 27.7 Å². The Labute approximate surface area is 94.8 Å². The van der Waals surface area contributed by atoms with Crippen LogP contribution in [0, 0.1) is 40.9 Å². The van der Waals surface area contributed by atoms with Crippen molar-refractivity contribution in [1.29, 1.82) is 0 Å². The molecular formula is C15H26. The minimum Gasteiger partial charge on any atom is -0.0625 e. The maximum atomic E-state index is 2.54. The summed E-state index contributed by atoms with van der Waals surface area (Å²) in [5.41, 5.74) is 0.840.